The number of anilines is 2. The van der Waals surface area contributed by atoms with E-state index in [0.29, 0.717) is 17.9 Å². The normalized spacial score (nSPS) is 16.1. The lowest BCUT2D eigenvalue weighted by Gasteiger charge is -2.38. The summed E-state index contributed by atoms with van der Waals surface area (Å²) in [6, 6.07) is 15.3. The van der Waals surface area contributed by atoms with Crippen molar-refractivity contribution in [3.8, 4) is 6.07 Å². The van der Waals surface area contributed by atoms with Crippen molar-refractivity contribution >= 4 is 23.1 Å². The van der Waals surface area contributed by atoms with Gasteiger partial charge in [0.05, 0.1) is 16.2 Å². The van der Waals surface area contributed by atoms with E-state index < -0.39 is 4.92 Å². The molecular formula is C20H21N5O3. The molecule has 0 aromatic heterocycles. The molecular weight excluding hydrogens is 358 g/mol. The minimum Gasteiger partial charge on any atom is -0.366 e. The standard InChI is InChI=1S/C20H21N5O3/c21-13-15-12-17(25(27)28)9-10-19(15)24-11-5-4-8-18(24)14-22-20(26)23-16-6-2-1-3-7-16/h1-3,6-7,9-10,12,18H,4-5,8,11,14H2,(H2,22,23,26). The lowest BCUT2D eigenvalue weighted by Crippen LogP contribution is -2.47. The summed E-state index contributed by atoms with van der Waals surface area (Å²) in [4.78, 5) is 24.7. The lowest BCUT2D eigenvalue weighted by atomic mass is 9.99. The maximum atomic E-state index is 12.2. The van der Waals surface area contributed by atoms with Crippen LogP contribution in [0.3, 0.4) is 0 Å². The molecule has 144 valence electrons. The highest BCUT2D eigenvalue weighted by molar-refractivity contribution is 5.89. The molecule has 1 heterocycles. The third kappa shape index (κ3) is 4.57. The van der Waals surface area contributed by atoms with E-state index in [1.54, 1.807) is 6.07 Å². The Bertz CT molecular complexity index is 894. The highest BCUT2D eigenvalue weighted by atomic mass is 16.6. The number of non-ortho nitro benzene ring substituents is 1. The number of carbonyl (C=O) groups is 1. The van der Waals surface area contributed by atoms with E-state index in [9.17, 15) is 20.2 Å². The molecule has 0 radical (unpaired) electrons. The largest absolute Gasteiger partial charge is 0.366 e. The van der Waals surface area contributed by atoms with Gasteiger partial charge in [-0.25, -0.2) is 4.79 Å². The Morgan fingerprint density at radius 2 is 2.04 bits per heavy atom. The van der Waals surface area contributed by atoms with Gasteiger partial charge in [0.2, 0.25) is 0 Å². The zero-order valence-corrected chi connectivity index (χ0v) is 15.3. The first-order valence-corrected chi connectivity index (χ1v) is 9.13. The van der Waals surface area contributed by atoms with Crippen LogP contribution in [0.4, 0.5) is 21.9 Å². The third-order valence-corrected chi connectivity index (χ3v) is 4.78. The second-order valence-corrected chi connectivity index (χ2v) is 6.61. The number of nitrogens with one attached hydrogen (secondary N) is 2. The molecule has 1 atom stereocenters. The van der Waals surface area contributed by atoms with E-state index in [0.717, 1.165) is 25.8 Å². The van der Waals surface area contributed by atoms with E-state index in [4.69, 9.17) is 0 Å². The number of rotatable bonds is 5. The number of urea groups is 1. The molecule has 8 heteroatoms. The second-order valence-electron chi connectivity index (χ2n) is 6.61. The van der Waals surface area contributed by atoms with Crippen LogP contribution in [0.5, 0.6) is 0 Å². The number of nitro benzene ring substituents is 1. The average molecular weight is 379 g/mol. The maximum Gasteiger partial charge on any atom is 0.319 e. The summed E-state index contributed by atoms with van der Waals surface area (Å²) in [5, 5.41) is 26.1. The van der Waals surface area contributed by atoms with Crippen molar-refractivity contribution in [1.29, 1.82) is 5.26 Å². The SMILES string of the molecule is N#Cc1cc([N+](=O)[O-])ccc1N1CCCCC1CNC(=O)Nc1ccccc1. The molecule has 0 aliphatic carbocycles. The Morgan fingerprint density at radius 3 is 2.75 bits per heavy atom. The molecule has 2 N–H and O–H groups in total. The Morgan fingerprint density at radius 1 is 1.25 bits per heavy atom. The molecule has 1 saturated heterocycles. The molecule has 2 aromatic rings. The van der Waals surface area contributed by atoms with Gasteiger partial charge in [-0.2, -0.15) is 5.26 Å². The van der Waals surface area contributed by atoms with Gasteiger partial charge in [0.1, 0.15) is 6.07 Å². The Labute approximate surface area is 162 Å². The topological polar surface area (TPSA) is 111 Å². The van der Waals surface area contributed by atoms with Crippen molar-refractivity contribution in [3.05, 3.63) is 64.2 Å². The van der Waals surface area contributed by atoms with Crippen LogP contribution in [-0.2, 0) is 0 Å². The van der Waals surface area contributed by atoms with Gasteiger partial charge < -0.3 is 15.5 Å². The van der Waals surface area contributed by atoms with Crippen molar-refractivity contribution < 1.29 is 9.72 Å². The Hall–Kier alpha value is -3.60. The van der Waals surface area contributed by atoms with Crippen LogP contribution in [0.25, 0.3) is 0 Å². The fourth-order valence-electron chi connectivity index (χ4n) is 3.41. The Kier molecular flexibility index (Phi) is 6.07. The summed E-state index contributed by atoms with van der Waals surface area (Å²) in [7, 11) is 0. The summed E-state index contributed by atoms with van der Waals surface area (Å²) in [5.74, 6) is 0. The summed E-state index contributed by atoms with van der Waals surface area (Å²) < 4.78 is 0. The van der Waals surface area contributed by atoms with Crippen LogP contribution in [0.15, 0.2) is 48.5 Å². The minimum atomic E-state index is -0.506. The highest BCUT2D eigenvalue weighted by Crippen LogP contribution is 2.30. The van der Waals surface area contributed by atoms with Gasteiger partial charge in [0.25, 0.3) is 5.69 Å². The van der Waals surface area contributed by atoms with Crippen LogP contribution in [-0.4, -0.2) is 30.1 Å². The van der Waals surface area contributed by atoms with E-state index in [1.165, 1.54) is 12.1 Å². The van der Waals surface area contributed by atoms with Crippen molar-refractivity contribution in [2.24, 2.45) is 0 Å². The van der Waals surface area contributed by atoms with Gasteiger partial charge in [-0.3, -0.25) is 10.1 Å². The first kappa shape index (κ1) is 19.2. The highest BCUT2D eigenvalue weighted by Gasteiger charge is 2.26. The van der Waals surface area contributed by atoms with Gasteiger partial charge in [-0.05, 0) is 37.5 Å². The maximum absolute atomic E-state index is 12.2. The fraction of sp³-hybridized carbons (Fsp3) is 0.300. The second kappa shape index (κ2) is 8.86. The van der Waals surface area contributed by atoms with E-state index >= 15 is 0 Å². The van der Waals surface area contributed by atoms with Crippen LogP contribution in [0.2, 0.25) is 0 Å². The zero-order valence-electron chi connectivity index (χ0n) is 15.3. The minimum absolute atomic E-state index is 0.0174. The molecule has 8 nitrogen and oxygen atoms in total. The number of hydrogen-bond donors (Lipinski definition) is 2. The lowest BCUT2D eigenvalue weighted by molar-refractivity contribution is -0.384. The molecule has 28 heavy (non-hydrogen) atoms. The van der Waals surface area contributed by atoms with Gasteiger partial charge in [0.15, 0.2) is 0 Å². The van der Waals surface area contributed by atoms with Crippen molar-refractivity contribution in [1.82, 2.24) is 5.32 Å². The number of amides is 2. The first-order valence-electron chi connectivity index (χ1n) is 9.13. The number of piperidine rings is 1. The number of carbonyl (C=O) groups excluding carboxylic acids is 1. The molecule has 1 unspecified atom stereocenters. The van der Waals surface area contributed by atoms with Gasteiger partial charge in [0, 0.05) is 37.0 Å². The molecule has 0 bridgehead atoms. The average Bonchev–Trinajstić information content (AvgIpc) is 2.72. The van der Waals surface area contributed by atoms with Gasteiger partial charge in [-0.15, -0.1) is 0 Å². The molecule has 1 fully saturated rings. The predicted molar refractivity (Wildman–Crippen MR) is 106 cm³/mol. The summed E-state index contributed by atoms with van der Waals surface area (Å²) >= 11 is 0. The molecule has 3 rings (SSSR count). The first-order chi connectivity index (χ1) is 13.6. The Balaban J connectivity index is 1.70. The number of nitrogens with zero attached hydrogens (tertiary/aromatic N) is 3. The summed E-state index contributed by atoms with van der Waals surface area (Å²) in [6.07, 6.45) is 2.86. The predicted octanol–water partition coefficient (Wildman–Crippen LogP) is 3.65. The smallest absolute Gasteiger partial charge is 0.319 e. The molecule has 1 aliphatic heterocycles. The van der Waals surface area contributed by atoms with Crippen molar-refractivity contribution in [2.45, 2.75) is 25.3 Å². The van der Waals surface area contributed by atoms with Crippen LogP contribution in [0.1, 0.15) is 24.8 Å². The van der Waals surface area contributed by atoms with Gasteiger partial charge in [-0.1, -0.05) is 18.2 Å². The summed E-state index contributed by atoms with van der Waals surface area (Å²) in [5.41, 5.74) is 1.55. The molecule has 0 saturated carbocycles. The monoisotopic (exact) mass is 379 g/mol. The van der Waals surface area contributed by atoms with Crippen LogP contribution in [0, 0.1) is 21.4 Å². The van der Waals surface area contributed by atoms with Crippen LogP contribution < -0.4 is 15.5 Å². The molecule has 0 spiro atoms. The van der Waals surface area contributed by atoms with E-state index in [1.807, 2.05) is 30.3 Å². The van der Waals surface area contributed by atoms with Crippen molar-refractivity contribution in [3.63, 3.8) is 0 Å². The third-order valence-electron chi connectivity index (χ3n) is 4.78. The van der Waals surface area contributed by atoms with E-state index in [2.05, 4.69) is 21.6 Å². The van der Waals surface area contributed by atoms with Gasteiger partial charge >= 0.3 is 6.03 Å². The molecule has 2 amide bonds. The number of para-hydroxylation sites is 1. The number of hydrogen-bond acceptors (Lipinski definition) is 5. The van der Waals surface area contributed by atoms with Crippen molar-refractivity contribution in [2.75, 3.05) is 23.3 Å². The molecule has 1 aliphatic rings. The number of nitriles is 1. The fourth-order valence-corrected chi connectivity index (χ4v) is 3.41. The quantitative estimate of drug-likeness (QED) is 0.608. The number of nitro groups is 1. The molecule has 2 aromatic carbocycles. The number of benzene rings is 2. The van der Waals surface area contributed by atoms with E-state index in [-0.39, 0.29) is 23.3 Å². The zero-order chi connectivity index (χ0) is 19.9. The summed E-state index contributed by atoms with van der Waals surface area (Å²) in [6.45, 7) is 1.15. The van der Waals surface area contributed by atoms with Crippen LogP contribution >= 0.6 is 0 Å².